The predicted octanol–water partition coefficient (Wildman–Crippen LogP) is 4.72. The summed E-state index contributed by atoms with van der Waals surface area (Å²) < 4.78 is 2.77. The standard InChI is InChI=1S/C16H10BrClN4S/c17-13-4-2-1-3-12(13)15-19-20-16-22(15)21-14(9-23-16)10-5-7-11(18)8-6-10/h1-8H,9H2. The van der Waals surface area contributed by atoms with Gasteiger partial charge >= 0.3 is 0 Å². The van der Waals surface area contributed by atoms with Crippen LogP contribution in [0.15, 0.2) is 63.3 Å². The van der Waals surface area contributed by atoms with Crippen LogP contribution in [0.4, 0.5) is 0 Å². The van der Waals surface area contributed by atoms with E-state index in [0.717, 1.165) is 43.1 Å². The third-order valence-electron chi connectivity index (χ3n) is 3.46. The van der Waals surface area contributed by atoms with Gasteiger partial charge in [0.2, 0.25) is 5.16 Å². The molecule has 1 aliphatic rings. The molecule has 0 saturated heterocycles. The van der Waals surface area contributed by atoms with Crippen molar-refractivity contribution in [3.63, 3.8) is 0 Å². The van der Waals surface area contributed by atoms with Gasteiger partial charge in [-0.15, -0.1) is 10.2 Å². The lowest BCUT2D eigenvalue weighted by Crippen LogP contribution is -2.13. The molecular formula is C16H10BrClN4S. The molecule has 0 spiro atoms. The molecule has 0 aliphatic carbocycles. The number of aromatic nitrogens is 3. The molecule has 114 valence electrons. The van der Waals surface area contributed by atoms with Crippen LogP contribution < -0.4 is 0 Å². The Bertz CT molecular complexity index is 905. The lowest BCUT2D eigenvalue weighted by Gasteiger charge is -2.14. The number of hydrogen-bond acceptors (Lipinski definition) is 4. The first-order valence-corrected chi connectivity index (χ1v) is 9.05. The Labute approximate surface area is 150 Å². The Hall–Kier alpha value is -1.63. The van der Waals surface area contributed by atoms with E-state index in [2.05, 4.69) is 26.1 Å². The second-order valence-electron chi connectivity index (χ2n) is 4.94. The molecule has 0 amide bonds. The molecule has 1 aromatic heterocycles. The largest absolute Gasteiger partial charge is 0.212 e. The van der Waals surface area contributed by atoms with Crippen molar-refractivity contribution in [3.05, 3.63) is 63.6 Å². The van der Waals surface area contributed by atoms with Gasteiger partial charge in [0.1, 0.15) is 0 Å². The van der Waals surface area contributed by atoms with E-state index in [9.17, 15) is 0 Å². The third kappa shape index (κ3) is 2.82. The number of fused-ring (bicyclic) bond motifs is 1. The first-order valence-electron chi connectivity index (χ1n) is 6.89. The van der Waals surface area contributed by atoms with E-state index >= 15 is 0 Å². The summed E-state index contributed by atoms with van der Waals surface area (Å²) >= 11 is 11.2. The van der Waals surface area contributed by atoms with Crippen LogP contribution in [-0.2, 0) is 0 Å². The number of hydrogen-bond donors (Lipinski definition) is 0. The monoisotopic (exact) mass is 404 g/mol. The summed E-state index contributed by atoms with van der Waals surface area (Å²) in [5.41, 5.74) is 3.00. The van der Waals surface area contributed by atoms with Crippen molar-refractivity contribution >= 4 is 45.0 Å². The van der Waals surface area contributed by atoms with Crippen LogP contribution in [0.2, 0.25) is 5.02 Å². The van der Waals surface area contributed by atoms with Gasteiger partial charge in [0.05, 0.1) is 5.71 Å². The Kier molecular flexibility index (Phi) is 3.97. The van der Waals surface area contributed by atoms with E-state index in [-0.39, 0.29) is 0 Å². The lowest BCUT2D eigenvalue weighted by molar-refractivity contribution is 0.762. The molecule has 4 rings (SSSR count). The first kappa shape index (κ1) is 14.9. The molecule has 0 saturated carbocycles. The Morgan fingerprint density at radius 3 is 2.61 bits per heavy atom. The Morgan fingerprint density at radius 1 is 1.04 bits per heavy atom. The Balaban J connectivity index is 1.81. The van der Waals surface area contributed by atoms with Crippen LogP contribution in [0, 0.1) is 0 Å². The van der Waals surface area contributed by atoms with E-state index in [1.807, 2.05) is 48.5 Å². The fraction of sp³-hybridized carbons (Fsp3) is 0.0625. The van der Waals surface area contributed by atoms with Gasteiger partial charge in [-0.25, -0.2) is 0 Å². The molecule has 1 aliphatic heterocycles. The van der Waals surface area contributed by atoms with Crippen LogP contribution in [0.25, 0.3) is 11.4 Å². The number of thioether (sulfide) groups is 1. The molecule has 0 unspecified atom stereocenters. The van der Waals surface area contributed by atoms with Crippen LogP contribution in [-0.4, -0.2) is 26.3 Å². The highest BCUT2D eigenvalue weighted by Gasteiger charge is 2.21. The minimum atomic E-state index is 0.719. The quantitative estimate of drug-likeness (QED) is 0.619. The number of rotatable bonds is 2. The molecule has 2 heterocycles. The lowest BCUT2D eigenvalue weighted by atomic mass is 10.1. The van der Waals surface area contributed by atoms with Gasteiger partial charge in [0.25, 0.3) is 0 Å². The predicted molar refractivity (Wildman–Crippen MR) is 97.3 cm³/mol. The summed E-state index contributed by atoms with van der Waals surface area (Å²) in [6, 6.07) is 15.6. The second-order valence-corrected chi connectivity index (χ2v) is 7.17. The Morgan fingerprint density at radius 2 is 1.83 bits per heavy atom. The zero-order chi connectivity index (χ0) is 15.8. The molecule has 4 nitrogen and oxygen atoms in total. The van der Waals surface area contributed by atoms with Crippen molar-refractivity contribution in [1.82, 2.24) is 14.9 Å². The maximum atomic E-state index is 5.96. The molecule has 7 heteroatoms. The minimum Gasteiger partial charge on any atom is -0.186 e. The number of nitrogens with zero attached hydrogens (tertiary/aromatic N) is 4. The van der Waals surface area contributed by atoms with E-state index in [0.29, 0.717) is 0 Å². The molecule has 0 bridgehead atoms. The fourth-order valence-corrected chi connectivity index (χ4v) is 3.75. The van der Waals surface area contributed by atoms with Gasteiger partial charge in [-0.1, -0.05) is 63.6 Å². The zero-order valence-corrected chi connectivity index (χ0v) is 14.9. The molecule has 0 radical (unpaired) electrons. The average Bonchev–Trinajstić information content (AvgIpc) is 2.99. The van der Waals surface area contributed by atoms with E-state index in [1.54, 1.807) is 16.4 Å². The highest BCUT2D eigenvalue weighted by Crippen LogP contribution is 2.32. The van der Waals surface area contributed by atoms with Crippen LogP contribution in [0.5, 0.6) is 0 Å². The van der Waals surface area contributed by atoms with E-state index in [4.69, 9.17) is 16.7 Å². The van der Waals surface area contributed by atoms with Gasteiger partial charge in [-0.3, -0.25) is 0 Å². The van der Waals surface area contributed by atoms with Gasteiger partial charge in [0, 0.05) is 20.8 Å². The normalized spacial score (nSPS) is 13.6. The van der Waals surface area contributed by atoms with Crippen molar-refractivity contribution in [2.45, 2.75) is 5.16 Å². The summed E-state index contributed by atoms with van der Waals surface area (Å²) in [6.45, 7) is 0. The highest BCUT2D eigenvalue weighted by atomic mass is 79.9. The van der Waals surface area contributed by atoms with E-state index in [1.165, 1.54) is 0 Å². The van der Waals surface area contributed by atoms with Crippen LogP contribution in [0.1, 0.15) is 5.56 Å². The highest BCUT2D eigenvalue weighted by molar-refractivity contribution is 9.10. The summed E-state index contributed by atoms with van der Waals surface area (Å²) in [4.78, 5) is 0. The van der Waals surface area contributed by atoms with Crippen molar-refractivity contribution in [1.29, 1.82) is 0 Å². The third-order valence-corrected chi connectivity index (χ3v) is 5.34. The SMILES string of the molecule is Clc1ccc(C2=Nn3c(nnc3-c3ccccc3Br)SC2)cc1. The maximum Gasteiger partial charge on any atom is 0.212 e. The van der Waals surface area contributed by atoms with Gasteiger partial charge < -0.3 is 0 Å². The molecule has 0 N–H and O–H groups in total. The summed E-state index contributed by atoms with van der Waals surface area (Å²) in [5, 5.41) is 14.8. The smallest absolute Gasteiger partial charge is 0.186 e. The van der Waals surface area contributed by atoms with Gasteiger partial charge in [-0.05, 0) is 29.8 Å². The number of halogens is 2. The van der Waals surface area contributed by atoms with Crippen molar-refractivity contribution < 1.29 is 0 Å². The first-order chi connectivity index (χ1) is 11.2. The minimum absolute atomic E-state index is 0.719. The molecule has 0 fully saturated rings. The summed E-state index contributed by atoms with van der Waals surface area (Å²) in [7, 11) is 0. The van der Waals surface area contributed by atoms with Gasteiger partial charge in [-0.2, -0.15) is 9.78 Å². The van der Waals surface area contributed by atoms with Crippen molar-refractivity contribution in [2.24, 2.45) is 5.10 Å². The molecule has 23 heavy (non-hydrogen) atoms. The topological polar surface area (TPSA) is 43.1 Å². The molecular weight excluding hydrogens is 396 g/mol. The molecule has 0 atom stereocenters. The number of benzene rings is 2. The second kappa shape index (κ2) is 6.11. The maximum absolute atomic E-state index is 5.96. The van der Waals surface area contributed by atoms with Crippen molar-refractivity contribution in [3.8, 4) is 11.4 Å². The van der Waals surface area contributed by atoms with Crippen LogP contribution in [0.3, 0.4) is 0 Å². The average molecular weight is 406 g/mol. The van der Waals surface area contributed by atoms with Crippen molar-refractivity contribution in [2.75, 3.05) is 5.75 Å². The summed E-state index contributed by atoms with van der Waals surface area (Å²) in [6.07, 6.45) is 0. The van der Waals surface area contributed by atoms with Gasteiger partial charge in [0.15, 0.2) is 5.82 Å². The zero-order valence-electron chi connectivity index (χ0n) is 11.8. The van der Waals surface area contributed by atoms with Crippen LogP contribution >= 0.6 is 39.3 Å². The van der Waals surface area contributed by atoms with E-state index < -0.39 is 0 Å². The fourth-order valence-electron chi connectivity index (χ4n) is 2.32. The molecule has 2 aromatic carbocycles. The summed E-state index contributed by atoms with van der Waals surface area (Å²) in [5.74, 6) is 1.49. The molecule has 3 aromatic rings.